The maximum Gasteiger partial charge on any atom is 0.262 e. The third kappa shape index (κ3) is 4.32. The van der Waals surface area contributed by atoms with Gasteiger partial charge in [0.2, 0.25) is 5.91 Å². The lowest BCUT2D eigenvalue weighted by molar-refractivity contribution is -0.120. The minimum Gasteiger partial charge on any atom is -0.370 e. The summed E-state index contributed by atoms with van der Waals surface area (Å²) in [5, 5.41) is 3.03. The van der Waals surface area contributed by atoms with E-state index in [0.717, 1.165) is 42.2 Å². The molecule has 0 aromatic heterocycles. The SMILES string of the molecule is CSCC[C@H](C(=O)Nc1ccccc1N1CCCCC1)N1C(=O)c2ccccc2C1=O. The molecule has 6 nitrogen and oxygen atoms in total. The van der Waals surface area contributed by atoms with Crippen molar-refractivity contribution in [3.05, 3.63) is 59.7 Å². The van der Waals surface area contributed by atoms with Crippen molar-refractivity contribution in [2.45, 2.75) is 31.7 Å². The van der Waals surface area contributed by atoms with E-state index in [0.29, 0.717) is 23.3 Å². The summed E-state index contributed by atoms with van der Waals surface area (Å²) in [6.07, 6.45) is 5.84. The summed E-state index contributed by atoms with van der Waals surface area (Å²) < 4.78 is 0. The maximum atomic E-state index is 13.4. The number of nitrogens with zero attached hydrogens (tertiary/aromatic N) is 2. The van der Waals surface area contributed by atoms with Crippen LogP contribution in [0.3, 0.4) is 0 Å². The van der Waals surface area contributed by atoms with E-state index in [1.807, 2.05) is 30.5 Å². The Hall–Kier alpha value is -2.80. The largest absolute Gasteiger partial charge is 0.370 e. The van der Waals surface area contributed by atoms with Crippen LogP contribution in [0.15, 0.2) is 48.5 Å². The first kappa shape index (κ1) is 21.4. The molecule has 1 fully saturated rings. The average molecular weight is 438 g/mol. The molecule has 3 amide bonds. The number of carbonyl (C=O) groups excluding carboxylic acids is 3. The lowest BCUT2D eigenvalue weighted by Gasteiger charge is -2.31. The number of carbonyl (C=O) groups is 3. The van der Waals surface area contributed by atoms with E-state index < -0.39 is 17.9 Å². The van der Waals surface area contributed by atoms with E-state index in [2.05, 4.69) is 10.2 Å². The van der Waals surface area contributed by atoms with Crippen LogP contribution in [-0.2, 0) is 4.79 Å². The third-order valence-electron chi connectivity index (χ3n) is 5.89. The van der Waals surface area contributed by atoms with Crippen molar-refractivity contribution in [2.24, 2.45) is 0 Å². The number of para-hydroxylation sites is 2. The number of anilines is 2. The number of piperidine rings is 1. The lowest BCUT2D eigenvalue weighted by atomic mass is 10.1. The standard InChI is InChI=1S/C24H27N3O3S/c1-31-16-13-21(27-23(29)17-9-3-4-10-18(17)24(27)30)22(28)25-19-11-5-6-12-20(19)26-14-7-2-8-15-26/h3-6,9-12,21H,2,7-8,13-16H2,1H3,(H,25,28)/t21-/m1/s1. The second-order valence-corrected chi connectivity index (χ2v) is 8.86. The summed E-state index contributed by atoms with van der Waals surface area (Å²) in [5.41, 5.74) is 2.44. The fourth-order valence-electron chi connectivity index (χ4n) is 4.30. The Labute approximate surface area is 187 Å². The molecular formula is C24H27N3O3S. The molecule has 4 rings (SSSR count). The van der Waals surface area contributed by atoms with Crippen LogP contribution < -0.4 is 10.2 Å². The number of nitrogens with one attached hydrogen (secondary N) is 1. The van der Waals surface area contributed by atoms with E-state index in [4.69, 9.17) is 0 Å². The first-order chi connectivity index (χ1) is 15.1. The van der Waals surface area contributed by atoms with Gasteiger partial charge in [-0.15, -0.1) is 0 Å². The van der Waals surface area contributed by atoms with Gasteiger partial charge in [0.05, 0.1) is 22.5 Å². The van der Waals surface area contributed by atoms with Crippen LogP contribution in [0.5, 0.6) is 0 Å². The number of imide groups is 1. The molecule has 2 heterocycles. The van der Waals surface area contributed by atoms with E-state index in [1.54, 1.807) is 36.0 Å². The smallest absolute Gasteiger partial charge is 0.262 e. The number of benzene rings is 2. The summed E-state index contributed by atoms with van der Waals surface area (Å²) in [7, 11) is 0. The van der Waals surface area contributed by atoms with Gasteiger partial charge in [0.1, 0.15) is 6.04 Å². The van der Waals surface area contributed by atoms with E-state index in [9.17, 15) is 14.4 Å². The fraction of sp³-hybridized carbons (Fsp3) is 0.375. The third-order valence-corrected chi connectivity index (χ3v) is 6.54. The molecule has 0 aliphatic carbocycles. The summed E-state index contributed by atoms with van der Waals surface area (Å²) in [6, 6.07) is 13.7. The van der Waals surface area contributed by atoms with Gasteiger partial charge in [-0.2, -0.15) is 11.8 Å². The number of hydrogen-bond donors (Lipinski definition) is 1. The summed E-state index contributed by atoms with van der Waals surface area (Å²) >= 11 is 1.59. The van der Waals surface area contributed by atoms with Gasteiger partial charge in [-0.3, -0.25) is 19.3 Å². The van der Waals surface area contributed by atoms with Crippen molar-refractivity contribution >= 4 is 40.9 Å². The van der Waals surface area contributed by atoms with Gasteiger partial charge < -0.3 is 10.2 Å². The zero-order valence-corrected chi connectivity index (χ0v) is 18.5. The van der Waals surface area contributed by atoms with Gasteiger partial charge in [0.15, 0.2) is 0 Å². The minimum atomic E-state index is -0.853. The Morgan fingerprint density at radius 3 is 2.23 bits per heavy atom. The number of fused-ring (bicyclic) bond motifs is 1. The number of hydrogen-bond acceptors (Lipinski definition) is 5. The molecule has 0 bridgehead atoms. The molecular weight excluding hydrogens is 410 g/mol. The molecule has 0 radical (unpaired) electrons. The van der Waals surface area contributed by atoms with Gasteiger partial charge in [-0.25, -0.2) is 0 Å². The Bertz CT molecular complexity index is 953. The fourth-order valence-corrected chi connectivity index (χ4v) is 4.76. The summed E-state index contributed by atoms with van der Waals surface area (Å²) in [4.78, 5) is 42.8. The minimum absolute atomic E-state index is 0.326. The number of amides is 3. The average Bonchev–Trinajstić information content (AvgIpc) is 3.06. The molecule has 162 valence electrons. The second-order valence-electron chi connectivity index (χ2n) is 7.88. The Balaban J connectivity index is 1.59. The lowest BCUT2D eigenvalue weighted by Crippen LogP contribution is -2.47. The zero-order chi connectivity index (χ0) is 21.8. The molecule has 7 heteroatoms. The van der Waals surface area contributed by atoms with Crippen LogP contribution >= 0.6 is 11.8 Å². The van der Waals surface area contributed by atoms with E-state index in [1.165, 1.54) is 6.42 Å². The summed E-state index contributed by atoms with van der Waals surface area (Å²) in [6.45, 7) is 1.92. The highest BCUT2D eigenvalue weighted by Gasteiger charge is 2.42. The highest BCUT2D eigenvalue weighted by atomic mass is 32.2. The van der Waals surface area contributed by atoms with Crippen LogP contribution in [0.4, 0.5) is 11.4 Å². The van der Waals surface area contributed by atoms with Crippen LogP contribution in [0.2, 0.25) is 0 Å². The molecule has 1 saturated heterocycles. The highest BCUT2D eigenvalue weighted by molar-refractivity contribution is 7.98. The normalized spacial score (nSPS) is 16.9. The van der Waals surface area contributed by atoms with Crippen LogP contribution in [0.25, 0.3) is 0 Å². The summed E-state index contributed by atoms with van der Waals surface area (Å²) in [5.74, 6) is -0.454. The molecule has 2 aromatic carbocycles. The van der Waals surface area contributed by atoms with Crippen LogP contribution in [-0.4, -0.2) is 53.8 Å². The van der Waals surface area contributed by atoms with Gasteiger partial charge in [0, 0.05) is 13.1 Å². The number of rotatable bonds is 7. The number of thioether (sulfide) groups is 1. The molecule has 2 aliphatic rings. The molecule has 1 atom stereocenters. The second kappa shape index (κ2) is 9.56. The highest BCUT2D eigenvalue weighted by Crippen LogP contribution is 2.30. The van der Waals surface area contributed by atoms with Gasteiger partial charge in [-0.1, -0.05) is 24.3 Å². The maximum absolute atomic E-state index is 13.4. The molecule has 0 spiro atoms. The van der Waals surface area contributed by atoms with Crippen LogP contribution in [0.1, 0.15) is 46.4 Å². The monoisotopic (exact) mass is 437 g/mol. The molecule has 2 aromatic rings. The molecule has 0 unspecified atom stereocenters. The van der Waals surface area contributed by atoms with Crippen LogP contribution in [0, 0.1) is 0 Å². The van der Waals surface area contributed by atoms with Crippen molar-refractivity contribution in [1.29, 1.82) is 0 Å². The van der Waals surface area contributed by atoms with Crippen molar-refractivity contribution in [3.63, 3.8) is 0 Å². The Morgan fingerprint density at radius 2 is 1.58 bits per heavy atom. The Morgan fingerprint density at radius 1 is 0.968 bits per heavy atom. The van der Waals surface area contributed by atoms with Crippen molar-refractivity contribution in [1.82, 2.24) is 4.90 Å². The first-order valence-electron chi connectivity index (χ1n) is 10.7. The topological polar surface area (TPSA) is 69.7 Å². The van der Waals surface area contributed by atoms with Crippen molar-refractivity contribution < 1.29 is 14.4 Å². The molecule has 31 heavy (non-hydrogen) atoms. The van der Waals surface area contributed by atoms with Crippen molar-refractivity contribution in [2.75, 3.05) is 35.3 Å². The van der Waals surface area contributed by atoms with E-state index >= 15 is 0 Å². The predicted octanol–water partition coefficient (Wildman–Crippen LogP) is 4.03. The molecule has 2 aliphatic heterocycles. The first-order valence-corrected chi connectivity index (χ1v) is 12.1. The van der Waals surface area contributed by atoms with Gasteiger partial charge in [0.25, 0.3) is 11.8 Å². The predicted molar refractivity (Wildman–Crippen MR) is 125 cm³/mol. The van der Waals surface area contributed by atoms with Gasteiger partial charge in [-0.05, 0) is 62.0 Å². The van der Waals surface area contributed by atoms with Gasteiger partial charge >= 0.3 is 0 Å². The van der Waals surface area contributed by atoms with Crippen molar-refractivity contribution in [3.8, 4) is 0 Å². The quantitative estimate of drug-likeness (QED) is 0.662. The molecule has 1 N–H and O–H groups in total. The Kier molecular flexibility index (Phi) is 6.61. The molecule has 0 saturated carbocycles. The zero-order valence-electron chi connectivity index (χ0n) is 17.7. The van der Waals surface area contributed by atoms with E-state index in [-0.39, 0.29) is 5.91 Å².